The van der Waals surface area contributed by atoms with Gasteiger partial charge < -0.3 is 15.7 Å². The van der Waals surface area contributed by atoms with Crippen LogP contribution in [0.1, 0.15) is 17.4 Å². The van der Waals surface area contributed by atoms with Crippen LogP contribution in [0.25, 0.3) is 0 Å². The fraction of sp³-hybridized carbons (Fsp3) is 0.0714. The number of carboxylic acid groups (broad SMARTS) is 1. The first-order valence-corrected chi connectivity index (χ1v) is 5.89. The van der Waals surface area contributed by atoms with Gasteiger partial charge in [0.15, 0.2) is 5.69 Å². The molecule has 0 aliphatic rings. The summed E-state index contributed by atoms with van der Waals surface area (Å²) < 4.78 is 0. The molecule has 0 saturated carbocycles. The normalized spacial score (nSPS) is 9.85. The van der Waals surface area contributed by atoms with Gasteiger partial charge in [-0.15, -0.1) is 0 Å². The number of amides is 1. The second-order valence-corrected chi connectivity index (χ2v) is 4.10. The van der Waals surface area contributed by atoms with Gasteiger partial charge in [-0.3, -0.25) is 4.79 Å². The topological polar surface area (TPSA) is 91.3 Å². The third-order valence-corrected chi connectivity index (χ3v) is 2.42. The predicted octanol–water partition coefficient (Wildman–Crippen LogP) is 2.48. The van der Waals surface area contributed by atoms with E-state index in [2.05, 4.69) is 15.6 Å². The van der Waals surface area contributed by atoms with Crippen LogP contribution in [0, 0.1) is 0 Å². The first kappa shape index (κ1) is 13.5. The molecule has 1 aromatic heterocycles. The van der Waals surface area contributed by atoms with Crippen LogP contribution in [0.15, 0.2) is 42.5 Å². The van der Waals surface area contributed by atoms with Gasteiger partial charge in [-0.05, 0) is 30.3 Å². The van der Waals surface area contributed by atoms with Crippen molar-refractivity contribution in [2.75, 3.05) is 10.6 Å². The zero-order valence-electron chi connectivity index (χ0n) is 10.8. The van der Waals surface area contributed by atoms with Gasteiger partial charge in [0, 0.05) is 18.3 Å². The van der Waals surface area contributed by atoms with Crippen LogP contribution >= 0.6 is 0 Å². The summed E-state index contributed by atoms with van der Waals surface area (Å²) in [6.07, 6.45) is 0. The lowest BCUT2D eigenvalue weighted by atomic mass is 10.2. The number of carbonyl (C=O) groups excluding carboxylic acids is 1. The van der Waals surface area contributed by atoms with Crippen molar-refractivity contribution in [1.82, 2.24) is 4.98 Å². The molecule has 2 aromatic rings. The Morgan fingerprint density at radius 1 is 1.10 bits per heavy atom. The van der Waals surface area contributed by atoms with Crippen molar-refractivity contribution in [3.05, 3.63) is 48.2 Å². The Hall–Kier alpha value is -2.89. The molecule has 0 atom stereocenters. The molecule has 0 spiro atoms. The highest BCUT2D eigenvalue weighted by Crippen LogP contribution is 2.19. The Kier molecular flexibility index (Phi) is 3.95. The minimum absolute atomic E-state index is 0.0342. The molecule has 6 nitrogen and oxygen atoms in total. The fourth-order valence-electron chi connectivity index (χ4n) is 1.65. The highest BCUT2D eigenvalue weighted by Gasteiger charge is 2.05. The monoisotopic (exact) mass is 271 g/mol. The molecular formula is C14H13N3O3. The highest BCUT2D eigenvalue weighted by molar-refractivity contribution is 5.89. The van der Waals surface area contributed by atoms with Gasteiger partial charge >= 0.3 is 5.97 Å². The number of anilines is 3. The molecule has 0 unspecified atom stereocenters. The van der Waals surface area contributed by atoms with Gasteiger partial charge in [0.2, 0.25) is 5.91 Å². The van der Waals surface area contributed by atoms with Crippen LogP contribution in [-0.4, -0.2) is 22.0 Å². The first-order chi connectivity index (χ1) is 9.54. The molecule has 1 heterocycles. The number of rotatable bonds is 4. The fourth-order valence-corrected chi connectivity index (χ4v) is 1.65. The Morgan fingerprint density at radius 3 is 2.50 bits per heavy atom. The average molecular weight is 271 g/mol. The smallest absolute Gasteiger partial charge is 0.354 e. The van der Waals surface area contributed by atoms with E-state index >= 15 is 0 Å². The molecule has 0 aliphatic heterocycles. The van der Waals surface area contributed by atoms with E-state index in [4.69, 9.17) is 5.11 Å². The van der Waals surface area contributed by atoms with Gasteiger partial charge in [0.25, 0.3) is 0 Å². The van der Waals surface area contributed by atoms with Crippen molar-refractivity contribution in [2.24, 2.45) is 0 Å². The molecule has 0 saturated heterocycles. The zero-order chi connectivity index (χ0) is 14.5. The molecule has 6 heteroatoms. The molecule has 0 radical (unpaired) electrons. The lowest BCUT2D eigenvalue weighted by Gasteiger charge is -2.08. The van der Waals surface area contributed by atoms with Crippen molar-refractivity contribution in [2.45, 2.75) is 6.92 Å². The molecule has 0 aliphatic carbocycles. The van der Waals surface area contributed by atoms with Crippen LogP contribution in [0.3, 0.4) is 0 Å². The summed E-state index contributed by atoms with van der Waals surface area (Å²) >= 11 is 0. The number of nitrogens with one attached hydrogen (secondary N) is 2. The number of carbonyl (C=O) groups is 2. The molecule has 0 bridgehead atoms. The molecule has 102 valence electrons. The minimum Gasteiger partial charge on any atom is -0.477 e. The average Bonchev–Trinajstić information content (AvgIpc) is 2.38. The van der Waals surface area contributed by atoms with Gasteiger partial charge in [-0.25, -0.2) is 9.78 Å². The summed E-state index contributed by atoms with van der Waals surface area (Å²) in [5, 5.41) is 14.5. The van der Waals surface area contributed by atoms with Crippen molar-refractivity contribution in [3.8, 4) is 0 Å². The molecule has 1 aromatic carbocycles. The van der Waals surface area contributed by atoms with Crippen LogP contribution < -0.4 is 10.6 Å². The van der Waals surface area contributed by atoms with Gasteiger partial charge in [0.05, 0.1) is 0 Å². The number of benzene rings is 1. The van der Waals surface area contributed by atoms with Crippen LogP contribution in [0.2, 0.25) is 0 Å². The Balaban J connectivity index is 2.19. The quantitative estimate of drug-likeness (QED) is 0.794. The second kappa shape index (κ2) is 5.83. The molecule has 0 fully saturated rings. The number of aromatic nitrogens is 1. The number of pyridine rings is 1. The van der Waals surface area contributed by atoms with Gasteiger partial charge in [-0.2, -0.15) is 0 Å². The number of carboxylic acids is 1. The van der Waals surface area contributed by atoms with Gasteiger partial charge in [-0.1, -0.05) is 12.1 Å². The Labute approximate surface area is 115 Å². The maximum Gasteiger partial charge on any atom is 0.354 e. The van der Waals surface area contributed by atoms with Crippen molar-refractivity contribution >= 4 is 29.1 Å². The Bertz CT molecular complexity index is 656. The van der Waals surface area contributed by atoms with Crippen LogP contribution in [0.4, 0.5) is 17.2 Å². The number of aromatic carboxylic acids is 1. The van der Waals surface area contributed by atoms with E-state index in [0.717, 1.165) is 0 Å². The number of nitrogens with zero attached hydrogens (tertiary/aromatic N) is 1. The first-order valence-electron chi connectivity index (χ1n) is 5.89. The maximum absolute atomic E-state index is 11.0. The largest absolute Gasteiger partial charge is 0.477 e. The van der Waals surface area contributed by atoms with E-state index in [1.54, 1.807) is 36.4 Å². The summed E-state index contributed by atoms with van der Waals surface area (Å²) in [5.41, 5.74) is 1.32. The zero-order valence-corrected chi connectivity index (χ0v) is 10.8. The predicted molar refractivity (Wildman–Crippen MR) is 75.2 cm³/mol. The van der Waals surface area contributed by atoms with Crippen molar-refractivity contribution in [1.29, 1.82) is 0 Å². The van der Waals surface area contributed by atoms with Crippen LogP contribution in [0.5, 0.6) is 0 Å². The minimum atomic E-state index is -1.08. The molecule has 1 amide bonds. The van der Waals surface area contributed by atoms with E-state index in [1.165, 1.54) is 13.0 Å². The second-order valence-electron chi connectivity index (χ2n) is 4.10. The van der Waals surface area contributed by atoms with E-state index in [1.807, 2.05) is 0 Å². The summed E-state index contributed by atoms with van der Waals surface area (Å²) in [5.74, 6) is -0.821. The van der Waals surface area contributed by atoms with E-state index in [0.29, 0.717) is 17.2 Å². The number of hydrogen-bond donors (Lipinski definition) is 3. The third kappa shape index (κ3) is 3.55. The summed E-state index contributed by atoms with van der Waals surface area (Å²) in [7, 11) is 0. The van der Waals surface area contributed by atoms with Crippen molar-refractivity contribution < 1.29 is 14.7 Å². The van der Waals surface area contributed by atoms with Crippen molar-refractivity contribution in [3.63, 3.8) is 0 Å². The molecular weight excluding hydrogens is 258 g/mol. The van der Waals surface area contributed by atoms with E-state index in [-0.39, 0.29) is 11.6 Å². The SMILES string of the molecule is CC(=O)Nc1cccc(Nc2cccc(C(=O)O)n2)c1. The lowest BCUT2D eigenvalue weighted by molar-refractivity contribution is -0.114. The standard InChI is InChI=1S/C14H13N3O3/c1-9(18)15-10-4-2-5-11(8-10)16-13-7-3-6-12(17-13)14(19)20/h2-8H,1H3,(H,15,18)(H,16,17)(H,19,20). The molecule has 3 N–H and O–H groups in total. The number of hydrogen-bond acceptors (Lipinski definition) is 4. The summed E-state index contributed by atoms with van der Waals surface area (Å²) in [6.45, 7) is 1.43. The lowest BCUT2D eigenvalue weighted by Crippen LogP contribution is -2.06. The Morgan fingerprint density at radius 2 is 1.80 bits per heavy atom. The van der Waals surface area contributed by atoms with Crippen LogP contribution in [-0.2, 0) is 4.79 Å². The molecule has 2 rings (SSSR count). The summed E-state index contributed by atoms with van der Waals surface area (Å²) in [6, 6.07) is 11.7. The molecule has 20 heavy (non-hydrogen) atoms. The van der Waals surface area contributed by atoms with E-state index < -0.39 is 5.97 Å². The van der Waals surface area contributed by atoms with Gasteiger partial charge in [0.1, 0.15) is 5.82 Å². The highest BCUT2D eigenvalue weighted by atomic mass is 16.4. The maximum atomic E-state index is 11.0. The van der Waals surface area contributed by atoms with E-state index in [9.17, 15) is 9.59 Å². The summed E-state index contributed by atoms with van der Waals surface area (Å²) in [4.78, 5) is 25.8. The third-order valence-electron chi connectivity index (χ3n) is 2.42.